The summed E-state index contributed by atoms with van der Waals surface area (Å²) in [5, 5.41) is 8.59. The van der Waals surface area contributed by atoms with Gasteiger partial charge < -0.3 is 0 Å². The van der Waals surface area contributed by atoms with Crippen LogP contribution in [0.1, 0.15) is 16.8 Å². The van der Waals surface area contributed by atoms with Gasteiger partial charge in [0.05, 0.1) is 11.0 Å². The van der Waals surface area contributed by atoms with Gasteiger partial charge >= 0.3 is 0 Å². The maximum atomic E-state index is 4.30. The third kappa shape index (κ3) is 1.77. The first-order valence-electron chi connectivity index (χ1n) is 6.65. The summed E-state index contributed by atoms with van der Waals surface area (Å²) < 4.78 is 3.87. The Morgan fingerprint density at radius 3 is 2.70 bits per heavy atom. The summed E-state index contributed by atoms with van der Waals surface area (Å²) in [6, 6.07) is 12.7. The molecule has 4 heterocycles. The van der Waals surface area contributed by atoms with Crippen LogP contribution in [0.4, 0.5) is 0 Å². The van der Waals surface area contributed by atoms with Crippen molar-refractivity contribution in [1.82, 2.24) is 19.2 Å². The summed E-state index contributed by atoms with van der Waals surface area (Å²) >= 11 is 0. The van der Waals surface area contributed by atoms with Crippen LogP contribution in [0.25, 0.3) is 11.0 Å². The molecular weight excluding hydrogens is 248 g/mol. The second-order valence-electron chi connectivity index (χ2n) is 5.09. The van der Waals surface area contributed by atoms with Gasteiger partial charge in [0.25, 0.3) is 0 Å². The normalized spacial score (nSPS) is 11.4. The van der Waals surface area contributed by atoms with Crippen molar-refractivity contribution < 1.29 is 0 Å². The first-order chi connectivity index (χ1) is 9.79. The van der Waals surface area contributed by atoms with Gasteiger partial charge in [0.1, 0.15) is 0 Å². The van der Waals surface area contributed by atoms with Crippen molar-refractivity contribution in [3.8, 4) is 0 Å². The predicted octanol–water partition coefficient (Wildman–Crippen LogP) is 2.88. The van der Waals surface area contributed by atoms with E-state index in [1.165, 1.54) is 11.1 Å². The molecule has 4 heteroatoms. The van der Waals surface area contributed by atoms with Crippen molar-refractivity contribution in [2.75, 3.05) is 0 Å². The standard InChI is InChI=1S/C16H14N4/c1-12-8-14(10-16-5-7-18-20(12)16)9-13-2-3-15-4-6-17-19(15)11-13/h2-8,10-11H,9H2,1H3. The Hall–Kier alpha value is -2.62. The van der Waals surface area contributed by atoms with Gasteiger partial charge in [-0.25, -0.2) is 9.03 Å². The third-order valence-corrected chi connectivity index (χ3v) is 3.60. The number of aryl methyl sites for hydroxylation is 1. The molecule has 4 aromatic heterocycles. The number of pyridine rings is 2. The lowest BCUT2D eigenvalue weighted by atomic mass is 10.1. The fourth-order valence-corrected chi connectivity index (χ4v) is 2.68. The fraction of sp³-hybridized carbons (Fsp3) is 0.125. The third-order valence-electron chi connectivity index (χ3n) is 3.60. The minimum absolute atomic E-state index is 0.901. The Kier molecular flexibility index (Phi) is 2.36. The first-order valence-corrected chi connectivity index (χ1v) is 6.65. The van der Waals surface area contributed by atoms with Crippen molar-refractivity contribution in [2.24, 2.45) is 0 Å². The molecule has 0 atom stereocenters. The smallest absolute Gasteiger partial charge is 0.0667 e. The molecular formula is C16H14N4. The number of fused-ring (bicyclic) bond motifs is 2. The quantitative estimate of drug-likeness (QED) is 0.556. The van der Waals surface area contributed by atoms with E-state index in [0.29, 0.717) is 0 Å². The summed E-state index contributed by atoms with van der Waals surface area (Å²) in [6.07, 6.45) is 6.65. The van der Waals surface area contributed by atoms with E-state index in [4.69, 9.17) is 0 Å². The van der Waals surface area contributed by atoms with Crippen molar-refractivity contribution in [2.45, 2.75) is 13.3 Å². The van der Waals surface area contributed by atoms with E-state index in [1.54, 1.807) is 0 Å². The molecule has 20 heavy (non-hydrogen) atoms. The molecule has 4 aromatic rings. The van der Waals surface area contributed by atoms with Gasteiger partial charge in [0.15, 0.2) is 0 Å². The molecule has 0 radical (unpaired) electrons. The van der Waals surface area contributed by atoms with Crippen LogP contribution >= 0.6 is 0 Å². The molecule has 98 valence electrons. The fourth-order valence-electron chi connectivity index (χ4n) is 2.68. The molecule has 0 N–H and O–H groups in total. The highest BCUT2D eigenvalue weighted by Gasteiger charge is 2.03. The highest BCUT2D eigenvalue weighted by Crippen LogP contribution is 2.15. The maximum Gasteiger partial charge on any atom is 0.0667 e. The average molecular weight is 262 g/mol. The molecule has 0 aliphatic carbocycles. The molecule has 0 spiro atoms. The summed E-state index contributed by atoms with van der Waals surface area (Å²) in [6.45, 7) is 2.08. The van der Waals surface area contributed by atoms with Crippen molar-refractivity contribution in [3.05, 3.63) is 71.8 Å². The van der Waals surface area contributed by atoms with Crippen molar-refractivity contribution >= 4 is 11.0 Å². The summed E-state index contributed by atoms with van der Waals surface area (Å²) in [4.78, 5) is 0. The van der Waals surface area contributed by atoms with Crippen LogP contribution in [0.5, 0.6) is 0 Å². The van der Waals surface area contributed by atoms with Gasteiger partial charge in [-0.2, -0.15) is 10.2 Å². The zero-order valence-corrected chi connectivity index (χ0v) is 11.2. The van der Waals surface area contributed by atoms with Crippen LogP contribution < -0.4 is 0 Å². The number of hydrogen-bond donors (Lipinski definition) is 0. The van der Waals surface area contributed by atoms with Crippen LogP contribution in [-0.2, 0) is 6.42 Å². The Balaban J connectivity index is 1.75. The molecule has 4 rings (SSSR count). The van der Waals surface area contributed by atoms with Crippen LogP contribution in [-0.4, -0.2) is 19.2 Å². The highest BCUT2D eigenvalue weighted by atomic mass is 15.2. The van der Waals surface area contributed by atoms with Crippen LogP contribution in [0.15, 0.2) is 55.0 Å². The number of nitrogens with zero attached hydrogens (tertiary/aromatic N) is 4. The topological polar surface area (TPSA) is 34.6 Å². The van der Waals surface area contributed by atoms with Gasteiger partial charge in [-0.15, -0.1) is 0 Å². The SMILES string of the molecule is Cc1cc(Cc2ccc3ccnn3c2)cc2ccnn12. The van der Waals surface area contributed by atoms with Crippen molar-refractivity contribution in [3.63, 3.8) is 0 Å². The Morgan fingerprint density at radius 2 is 1.75 bits per heavy atom. The first kappa shape index (κ1) is 11.2. The molecule has 0 aromatic carbocycles. The van der Waals surface area contributed by atoms with Crippen molar-refractivity contribution in [1.29, 1.82) is 0 Å². The minimum atomic E-state index is 0.901. The second kappa shape index (κ2) is 4.20. The lowest BCUT2D eigenvalue weighted by molar-refractivity contribution is 0.904. The molecule has 0 saturated carbocycles. The van der Waals surface area contributed by atoms with E-state index < -0.39 is 0 Å². The van der Waals surface area contributed by atoms with E-state index in [2.05, 4.69) is 47.6 Å². The summed E-state index contributed by atoms with van der Waals surface area (Å²) in [5.41, 5.74) is 5.96. The van der Waals surface area contributed by atoms with Crippen LogP contribution in [0.3, 0.4) is 0 Å². The number of aromatic nitrogens is 4. The van der Waals surface area contributed by atoms with E-state index in [1.807, 2.05) is 33.6 Å². The van der Waals surface area contributed by atoms with Gasteiger partial charge in [-0.1, -0.05) is 6.07 Å². The van der Waals surface area contributed by atoms with Crippen LogP contribution in [0, 0.1) is 6.92 Å². The van der Waals surface area contributed by atoms with E-state index >= 15 is 0 Å². The van der Waals surface area contributed by atoms with Gasteiger partial charge in [0.2, 0.25) is 0 Å². The summed E-state index contributed by atoms with van der Waals surface area (Å²) in [5.74, 6) is 0. The zero-order valence-electron chi connectivity index (χ0n) is 11.2. The minimum Gasteiger partial charge on any atom is -0.241 e. The summed E-state index contributed by atoms with van der Waals surface area (Å²) in [7, 11) is 0. The highest BCUT2D eigenvalue weighted by molar-refractivity contribution is 5.51. The monoisotopic (exact) mass is 262 g/mol. The Labute approximate surface area is 116 Å². The molecule has 0 bridgehead atoms. The van der Waals surface area contributed by atoms with E-state index in [0.717, 1.165) is 23.1 Å². The predicted molar refractivity (Wildman–Crippen MR) is 77.9 cm³/mol. The maximum absolute atomic E-state index is 4.30. The second-order valence-corrected chi connectivity index (χ2v) is 5.09. The molecule has 0 aliphatic rings. The molecule has 0 fully saturated rings. The van der Waals surface area contributed by atoms with E-state index in [9.17, 15) is 0 Å². The van der Waals surface area contributed by atoms with Crippen LogP contribution in [0.2, 0.25) is 0 Å². The number of rotatable bonds is 2. The van der Waals surface area contributed by atoms with Gasteiger partial charge in [-0.3, -0.25) is 0 Å². The molecule has 0 unspecified atom stereocenters. The molecule has 0 aliphatic heterocycles. The Morgan fingerprint density at radius 1 is 0.900 bits per heavy atom. The lowest BCUT2D eigenvalue weighted by Crippen LogP contribution is -1.98. The van der Waals surface area contributed by atoms with Gasteiger partial charge in [0, 0.05) is 24.3 Å². The number of hydrogen-bond acceptors (Lipinski definition) is 2. The largest absolute Gasteiger partial charge is 0.241 e. The van der Waals surface area contributed by atoms with E-state index in [-0.39, 0.29) is 0 Å². The molecule has 0 saturated heterocycles. The van der Waals surface area contributed by atoms with Gasteiger partial charge in [-0.05, 0) is 54.8 Å². The lowest BCUT2D eigenvalue weighted by Gasteiger charge is -2.06. The average Bonchev–Trinajstić information content (AvgIpc) is 3.06. The zero-order chi connectivity index (χ0) is 13.5. The molecule has 4 nitrogen and oxygen atoms in total. The Bertz CT molecular complexity index is 901. The molecule has 0 amide bonds.